The Morgan fingerprint density at radius 1 is 0.941 bits per heavy atom. The van der Waals surface area contributed by atoms with E-state index in [1.807, 2.05) is 18.2 Å². The summed E-state index contributed by atoms with van der Waals surface area (Å²) in [6, 6.07) is 15.2. The third-order valence-electron chi connectivity index (χ3n) is 5.10. The highest BCUT2D eigenvalue weighted by molar-refractivity contribution is 6.30. The number of hydrogen-bond donors (Lipinski definition) is 1. The summed E-state index contributed by atoms with van der Waals surface area (Å²) in [5, 5.41) is 12.0. The number of benzene rings is 1. The number of anilines is 1. The summed E-state index contributed by atoms with van der Waals surface area (Å²) in [6.07, 6.45) is 5.02. The van der Waals surface area contributed by atoms with Crippen LogP contribution in [0, 0.1) is 5.82 Å². The maximum absolute atomic E-state index is 14.6. The molecule has 0 saturated carbocycles. The summed E-state index contributed by atoms with van der Waals surface area (Å²) in [6.45, 7) is 1.40. The molecule has 166 valence electrons. The molecule has 1 aromatic carbocycles. The molecule has 0 aliphatic heterocycles. The molecule has 5 rings (SSSR count). The van der Waals surface area contributed by atoms with Gasteiger partial charge in [0.25, 0.3) is 0 Å². The van der Waals surface area contributed by atoms with Crippen molar-refractivity contribution in [2.45, 2.75) is 6.92 Å². The quantitative estimate of drug-likeness (QED) is 0.369. The normalized spacial score (nSPS) is 10.9. The highest BCUT2D eigenvalue weighted by Crippen LogP contribution is 2.34. The molecule has 0 atom stereocenters. The molecule has 0 unspecified atom stereocenters. The van der Waals surface area contributed by atoms with E-state index >= 15 is 0 Å². The number of pyridine rings is 3. The minimum Gasteiger partial charge on any atom is -0.309 e. The van der Waals surface area contributed by atoms with Crippen LogP contribution in [0.1, 0.15) is 6.92 Å². The zero-order chi connectivity index (χ0) is 23.7. The predicted octanol–water partition coefficient (Wildman–Crippen LogP) is 5.57. The van der Waals surface area contributed by atoms with Crippen molar-refractivity contribution < 1.29 is 9.18 Å². The van der Waals surface area contributed by atoms with E-state index < -0.39 is 5.82 Å². The third kappa shape index (κ3) is 4.31. The summed E-state index contributed by atoms with van der Waals surface area (Å²) < 4.78 is 14.6. The minimum atomic E-state index is -0.431. The van der Waals surface area contributed by atoms with Crippen molar-refractivity contribution in [3.63, 3.8) is 0 Å². The van der Waals surface area contributed by atoms with E-state index in [1.165, 1.54) is 19.1 Å². The lowest BCUT2D eigenvalue weighted by Gasteiger charge is -2.11. The van der Waals surface area contributed by atoms with Crippen molar-refractivity contribution in [1.82, 2.24) is 25.1 Å². The molecule has 0 aliphatic rings. The molecule has 0 spiro atoms. The second-order valence-electron chi connectivity index (χ2n) is 7.50. The van der Waals surface area contributed by atoms with Gasteiger partial charge in [0.2, 0.25) is 5.91 Å². The fourth-order valence-corrected chi connectivity index (χ4v) is 3.76. The summed E-state index contributed by atoms with van der Waals surface area (Å²) in [7, 11) is 0. The van der Waals surface area contributed by atoms with E-state index in [0.717, 1.165) is 22.1 Å². The van der Waals surface area contributed by atoms with Gasteiger partial charge in [-0.3, -0.25) is 9.78 Å². The van der Waals surface area contributed by atoms with Gasteiger partial charge >= 0.3 is 0 Å². The topological polar surface area (TPSA) is 93.6 Å². The van der Waals surface area contributed by atoms with E-state index in [-0.39, 0.29) is 11.5 Å². The molecule has 1 amide bonds. The zero-order valence-corrected chi connectivity index (χ0v) is 18.6. The number of aromatic nitrogens is 5. The first kappa shape index (κ1) is 21.5. The Hall–Kier alpha value is -4.30. The molecule has 0 saturated heterocycles. The van der Waals surface area contributed by atoms with Gasteiger partial charge in [0.15, 0.2) is 11.5 Å². The first-order chi connectivity index (χ1) is 16.5. The summed E-state index contributed by atoms with van der Waals surface area (Å²) >= 11 is 6.11. The molecule has 0 bridgehead atoms. The molecular weight excluding hydrogens is 455 g/mol. The molecule has 0 fully saturated rings. The molecule has 0 aliphatic carbocycles. The third-order valence-corrected chi connectivity index (χ3v) is 5.34. The lowest BCUT2D eigenvalue weighted by molar-refractivity contribution is -0.114. The molecule has 1 N–H and O–H groups in total. The largest absolute Gasteiger partial charge is 0.309 e. The van der Waals surface area contributed by atoms with Crippen molar-refractivity contribution in [2.24, 2.45) is 0 Å². The molecular formula is C25H16ClFN6O. The number of amides is 1. The van der Waals surface area contributed by atoms with Crippen LogP contribution < -0.4 is 5.32 Å². The van der Waals surface area contributed by atoms with Crippen LogP contribution in [-0.2, 0) is 4.79 Å². The SMILES string of the molecule is CC(=O)Nc1ccc(-c2cncc(-c3cc(-c4cc(Cl)ccc4F)nc4ncccc34)c2)nn1. The average molecular weight is 471 g/mol. The van der Waals surface area contributed by atoms with Gasteiger partial charge in [-0.1, -0.05) is 11.6 Å². The number of nitrogens with zero attached hydrogens (tertiary/aromatic N) is 5. The second kappa shape index (κ2) is 8.92. The van der Waals surface area contributed by atoms with Crippen LogP contribution >= 0.6 is 11.6 Å². The fraction of sp³-hybridized carbons (Fsp3) is 0.0400. The van der Waals surface area contributed by atoms with Gasteiger partial charge in [-0.25, -0.2) is 14.4 Å². The zero-order valence-electron chi connectivity index (χ0n) is 17.8. The molecule has 34 heavy (non-hydrogen) atoms. The lowest BCUT2D eigenvalue weighted by atomic mass is 9.99. The van der Waals surface area contributed by atoms with Gasteiger partial charge < -0.3 is 5.32 Å². The number of rotatable bonds is 4. The van der Waals surface area contributed by atoms with E-state index in [2.05, 4.69) is 30.5 Å². The Balaban J connectivity index is 1.63. The Kier molecular flexibility index (Phi) is 5.65. The van der Waals surface area contributed by atoms with Gasteiger partial charge in [-0.2, -0.15) is 0 Å². The smallest absolute Gasteiger partial charge is 0.222 e. The highest BCUT2D eigenvalue weighted by Gasteiger charge is 2.15. The van der Waals surface area contributed by atoms with Crippen LogP contribution in [0.3, 0.4) is 0 Å². The van der Waals surface area contributed by atoms with E-state index in [0.29, 0.717) is 27.9 Å². The summed E-state index contributed by atoms with van der Waals surface area (Å²) in [5.74, 6) is -0.296. The monoisotopic (exact) mass is 470 g/mol. The lowest BCUT2D eigenvalue weighted by Crippen LogP contribution is -2.08. The summed E-state index contributed by atoms with van der Waals surface area (Å²) in [4.78, 5) is 24.5. The van der Waals surface area contributed by atoms with Crippen LogP contribution in [0.4, 0.5) is 10.2 Å². The Bertz CT molecular complexity index is 1540. The maximum atomic E-state index is 14.6. The summed E-state index contributed by atoms with van der Waals surface area (Å²) in [5.41, 5.74) is 4.03. The number of nitrogens with one attached hydrogen (secondary N) is 1. The molecule has 0 radical (unpaired) electrons. The number of halogens is 2. The maximum Gasteiger partial charge on any atom is 0.222 e. The standard InChI is InChI=1S/C25H16ClFN6O/c1-14(34)30-24-7-6-22(32-33-24)16-9-15(12-28-13-16)19-11-23(20-10-17(26)4-5-21(20)27)31-25-18(19)3-2-8-29-25/h2-13H,1H3,(H,30,33,34). The van der Waals surface area contributed by atoms with E-state index in [9.17, 15) is 9.18 Å². The van der Waals surface area contributed by atoms with E-state index in [1.54, 1.807) is 42.9 Å². The van der Waals surface area contributed by atoms with Crippen molar-refractivity contribution in [3.05, 3.63) is 84.0 Å². The minimum absolute atomic E-state index is 0.226. The van der Waals surface area contributed by atoms with Gasteiger partial charge in [0.05, 0.1) is 11.4 Å². The highest BCUT2D eigenvalue weighted by atomic mass is 35.5. The average Bonchev–Trinajstić information content (AvgIpc) is 2.85. The van der Waals surface area contributed by atoms with Crippen LogP contribution in [0.15, 0.2) is 73.2 Å². The first-order valence-corrected chi connectivity index (χ1v) is 10.6. The van der Waals surface area contributed by atoms with E-state index in [4.69, 9.17) is 11.6 Å². The van der Waals surface area contributed by atoms with Crippen LogP contribution in [0.25, 0.3) is 44.7 Å². The Labute approximate surface area is 198 Å². The van der Waals surface area contributed by atoms with Crippen molar-refractivity contribution >= 4 is 34.4 Å². The first-order valence-electron chi connectivity index (χ1n) is 10.3. The predicted molar refractivity (Wildman–Crippen MR) is 129 cm³/mol. The van der Waals surface area contributed by atoms with Gasteiger partial charge in [0, 0.05) is 52.6 Å². The molecule has 4 heterocycles. The number of fused-ring (bicyclic) bond motifs is 1. The van der Waals surface area contributed by atoms with Crippen molar-refractivity contribution in [3.8, 4) is 33.6 Å². The molecule has 7 nitrogen and oxygen atoms in total. The van der Waals surface area contributed by atoms with Gasteiger partial charge in [-0.15, -0.1) is 10.2 Å². The second-order valence-corrected chi connectivity index (χ2v) is 7.94. The van der Waals surface area contributed by atoms with Crippen LogP contribution in [0.2, 0.25) is 5.02 Å². The Morgan fingerprint density at radius 3 is 2.59 bits per heavy atom. The number of carbonyl (C=O) groups is 1. The van der Waals surface area contributed by atoms with Crippen molar-refractivity contribution in [1.29, 1.82) is 0 Å². The van der Waals surface area contributed by atoms with Crippen molar-refractivity contribution in [2.75, 3.05) is 5.32 Å². The van der Waals surface area contributed by atoms with Crippen LogP contribution in [-0.4, -0.2) is 31.1 Å². The molecule has 4 aromatic heterocycles. The van der Waals surface area contributed by atoms with Crippen LogP contribution in [0.5, 0.6) is 0 Å². The fourth-order valence-electron chi connectivity index (χ4n) is 3.59. The molecule has 5 aromatic rings. The van der Waals surface area contributed by atoms with Gasteiger partial charge in [-0.05, 0) is 60.2 Å². The number of hydrogen-bond acceptors (Lipinski definition) is 6. The number of carbonyl (C=O) groups excluding carboxylic acids is 1. The molecule has 9 heteroatoms. The Morgan fingerprint density at radius 2 is 1.79 bits per heavy atom. The van der Waals surface area contributed by atoms with Gasteiger partial charge in [0.1, 0.15) is 5.82 Å².